The van der Waals surface area contributed by atoms with Crippen molar-refractivity contribution in [1.82, 2.24) is 0 Å². The summed E-state index contributed by atoms with van der Waals surface area (Å²) in [5.74, 6) is -0.882. The Labute approximate surface area is 117 Å². The van der Waals surface area contributed by atoms with Crippen LogP contribution in [0.1, 0.15) is 19.4 Å². The standard InChI is InChI=1S/C10H10O4.C4H8O2/c1-14-9-6-7(2-4-8(9)11)3-5-10(12)13;1-3-6-4(2)5/h2-6,11H,1H3,(H,12,13);3H2,1-2H3/b5-3+;. The van der Waals surface area contributed by atoms with Crippen LogP contribution >= 0.6 is 0 Å². The molecule has 0 saturated carbocycles. The number of ether oxygens (including phenoxy) is 2. The molecular formula is C14H18O6. The number of rotatable bonds is 4. The highest BCUT2D eigenvalue weighted by Gasteiger charge is 2.00. The van der Waals surface area contributed by atoms with E-state index in [0.717, 1.165) is 6.08 Å². The molecule has 0 fully saturated rings. The minimum atomic E-state index is -1.02. The summed E-state index contributed by atoms with van der Waals surface area (Å²) in [6, 6.07) is 4.59. The topological polar surface area (TPSA) is 93.1 Å². The van der Waals surface area contributed by atoms with Crippen LogP contribution in [0.5, 0.6) is 11.5 Å². The van der Waals surface area contributed by atoms with Crippen LogP contribution < -0.4 is 4.74 Å². The molecule has 0 spiro atoms. The molecule has 0 atom stereocenters. The lowest BCUT2D eigenvalue weighted by Crippen LogP contribution is -1.95. The van der Waals surface area contributed by atoms with Crippen molar-refractivity contribution in [2.45, 2.75) is 13.8 Å². The molecule has 6 heteroatoms. The van der Waals surface area contributed by atoms with Crippen LogP contribution in [0.15, 0.2) is 24.3 Å². The Morgan fingerprint density at radius 2 is 2.00 bits per heavy atom. The molecule has 0 radical (unpaired) electrons. The van der Waals surface area contributed by atoms with Crippen LogP contribution in [-0.4, -0.2) is 35.9 Å². The van der Waals surface area contributed by atoms with Crippen molar-refractivity contribution in [2.24, 2.45) is 0 Å². The number of methoxy groups -OCH3 is 1. The Bertz CT molecular complexity index is 479. The van der Waals surface area contributed by atoms with E-state index in [1.165, 1.54) is 26.2 Å². The molecule has 0 saturated heterocycles. The van der Waals surface area contributed by atoms with Crippen LogP contribution in [0.25, 0.3) is 6.08 Å². The smallest absolute Gasteiger partial charge is 0.328 e. The number of carboxylic acid groups (broad SMARTS) is 1. The highest BCUT2D eigenvalue weighted by molar-refractivity contribution is 5.85. The third kappa shape index (κ3) is 7.75. The maximum absolute atomic E-state index is 10.2. The van der Waals surface area contributed by atoms with E-state index < -0.39 is 5.97 Å². The van der Waals surface area contributed by atoms with E-state index in [1.807, 2.05) is 0 Å². The van der Waals surface area contributed by atoms with Gasteiger partial charge in [-0.15, -0.1) is 0 Å². The average Bonchev–Trinajstić information content (AvgIpc) is 2.38. The van der Waals surface area contributed by atoms with E-state index in [0.29, 0.717) is 17.9 Å². The molecule has 1 rings (SSSR count). The number of carboxylic acids is 1. The third-order valence-electron chi connectivity index (χ3n) is 1.97. The van der Waals surface area contributed by atoms with Crippen molar-refractivity contribution in [3.05, 3.63) is 29.8 Å². The Morgan fingerprint density at radius 1 is 1.35 bits per heavy atom. The van der Waals surface area contributed by atoms with E-state index >= 15 is 0 Å². The summed E-state index contributed by atoms with van der Waals surface area (Å²) in [4.78, 5) is 20.0. The van der Waals surface area contributed by atoms with Crippen molar-refractivity contribution in [3.63, 3.8) is 0 Å². The largest absolute Gasteiger partial charge is 0.504 e. The molecule has 0 aliphatic heterocycles. The summed E-state index contributed by atoms with van der Waals surface area (Å²) < 4.78 is 9.26. The van der Waals surface area contributed by atoms with Gasteiger partial charge in [0.2, 0.25) is 0 Å². The Morgan fingerprint density at radius 3 is 2.40 bits per heavy atom. The zero-order valence-electron chi connectivity index (χ0n) is 11.6. The maximum Gasteiger partial charge on any atom is 0.328 e. The minimum absolute atomic E-state index is 0.0278. The Kier molecular flexibility index (Phi) is 8.25. The first-order valence-electron chi connectivity index (χ1n) is 5.82. The van der Waals surface area contributed by atoms with Gasteiger partial charge >= 0.3 is 11.9 Å². The van der Waals surface area contributed by atoms with E-state index in [-0.39, 0.29) is 11.7 Å². The number of aliphatic carboxylic acids is 1. The van der Waals surface area contributed by atoms with Crippen LogP contribution in [0.4, 0.5) is 0 Å². The summed E-state index contributed by atoms with van der Waals surface area (Å²) in [5, 5.41) is 17.6. The van der Waals surface area contributed by atoms with E-state index in [9.17, 15) is 14.7 Å². The van der Waals surface area contributed by atoms with Gasteiger partial charge in [0.05, 0.1) is 13.7 Å². The van der Waals surface area contributed by atoms with Crippen molar-refractivity contribution >= 4 is 18.0 Å². The second-order valence-corrected chi connectivity index (χ2v) is 3.53. The number of hydrogen-bond donors (Lipinski definition) is 2. The molecule has 6 nitrogen and oxygen atoms in total. The van der Waals surface area contributed by atoms with Gasteiger partial charge in [0.1, 0.15) is 0 Å². The first kappa shape index (κ1) is 17.5. The van der Waals surface area contributed by atoms with Gasteiger partial charge in [-0.05, 0) is 30.7 Å². The average molecular weight is 282 g/mol. The van der Waals surface area contributed by atoms with Crippen molar-refractivity contribution in [3.8, 4) is 11.5 Å². The van der Waals surface area contributed by atoms with Gasteiger partial charge in [0.15, 0.2) is 11.5 Å². The van der Waals surface area contributed by atoms with Crippen molar-refractivity contribution in [1.29, 1.82) is 0 Å². The molecule has 0 amide bonds. The molecular weight excluding hydrogens is 264 g/mol. The molecule has 0 aliphatic carbocycles. The molecule has 110 valence electrons. The predicted molar refractivity (Wildman–Crippen MR) is 73.6 cm³/mol. The lowest BCUT2D eigenvalue weighted by atomic mass is 10.2. The fraction of sp³-hybridized carbons (Fsp3) is 0.286. The lowest BCUT2D eigenvalue weighted by Gasteiger charge is -2.03. The van der Waals surface area contributed by atoms with Gasteiger partial charge in [-0.25, -0.2) is 4.79 Å². The van der Waals surface area contributed by atoms with E-state index in [4.69, 9.17) is 9.84 Å². The second kappa shape index (κ2) is 9.43. The predicted octanol–water partition coefficient (Wildman–Crippen LogP) is 2.07. The number of carbonyl (C=O) groups excluding carboxylic acids is 1. The summed E-state index contributed by atoms with van der Waals surface area (Å²) in [7, 11) is 1.43. The highest BCUT2D eigenvalue weighted by Crippen LogP contribution is 2.26. The molecule has 1 aromatic rings. The number of esters is 1. The van der Waals surface area contributed by atoms with Crippen LogP contribution in [0, 0.1) is 0 Å². The zero-order chi connectivity index (χ0) is 15.5. The molecule has 20 heavy (non-hydrogen) atoms. The van der Waals surface area contributed by atoms with E-state index in [2.05, 4.69) is 4.74 Å². The number of carbonyl (C=O) groups is 2. The number of hydrogen-bond acceptors (Lipinski definition) is 5. The molecule has 0 bridgehead atoms. The fourth-order valence-electron chi connectivity index (χ4n) is 1.17. The minimum Gasteiger partial charge on any atom is -0.504 e. The van der Waals surface area contributed by atoms with Gasteiger partial charge < -0.3 is 19.7 Å². The van der Waals surface area contributed by atoms with Gasteiger partial charge in [-0.1, -0.05) is 6.07 Å². The molecule has 2 N–H and O–H groups in total. The zero-order valence-corrected chi connectivity index (χ0v) is 11.6. The van der Waals surface area contributed by atoms with Crippen molar-refractivity contribution < 1.29 is 29.3 Å². The molecule has 0 unspecified atom stereocenters. The van der Waals surface area contributed by atoms with Gasteiger partial charge in [-0.3, -0.25) is 4.79 Å². The first-order chi connectivity index (χ1) is 9.40. The van der Waals surface area contributed by atoms with Gasteiger partial charge in [-0.2, -0.15) is 0 Å². The van der Waals surface area contributed by atoms with Crippen LogP contribution in [0.3, 0.4) is 0 Å². The molecule has 1 aromatic carbocycles. The third-order valence-corrected chi connectivity index (χ3v) is 1.97. The number of phenolic OH excluding ortho intramolecular Hbond substituents is 1. The number of phenols is 1. The normalized spacial score (nSPS) is 9.55. The lowest BCUT2D eigenvalue weighted by molar-refractivity contribution is -0.140. The summed E-state index contributed by atoms with van der Waals surface area (Å²) >= 11 is 0. The summed E-state index contributed by atoms with van der Waals surface area (Å²) in [6.45, 7) is 3.65. The second-order valence-electron chi connectivity index (χ2n) is 3.53. The summed E-state index contributed by atoms with van der Waals surface area (Å²) in [5.41, 5.74) is 0.655. The van der Waals surface area contributed by atoms with Gasteiger partial charge in [0.25, 0.3) is 0 Å². The monoisotopic (exact) mass is 282 g/mol. The van der Waals surface area contributed by atoms with Gasteiger partial charge in [0, 0.05) is 13.0 Å². The quantitative estimate of drug-likeness (QED) is 0.648. The number of aromatic hydroxyl groups is 1. The summed E-state index contributed by atoms with van der Waals surface area (Å²) in [6.07, 6.45) is 2.44. The number of benzene rings is 1. The Balaban J connectivity index is 0.000000511. The van der Waals surface area contributed by atoms with E-state index in [1.54, 1.807) is 19.1 Å². The fourth-order valence-corrected chi connectivity index (χ4v) is 1.17. The van der Waals surface area contributed by atoms with Crippen LogP contribution in [0.2, 0.25) is 0 Å². The van der Waals surface area contributed by atoms with Crippen LogP contribution in [-0.2, 0) is 14.3 Å². The molecule has 0 aliphatic rings. The Hall–Kier alpha value is -2.50. The highest BCUT2D eigenvalue weighted by atomic mass is 16.5. The maximum atomic E-state index is 10.2. The molecule has 0 aromatic heterocycles. The SMILES string of the molecule is CCOC(C)=O.COc1cc(/C=C/C(=O)O)ccc1O. The first-order valence-corrected chi connectivity index (χ1v) is 5.82. The molecule has 0 heterocycles. The van der Waals surface area contributed by atoms with Crippen molar-refractivity contribution in [2.75, 3.05) is 13.7 Å².